The van der Waals surface area contributed by atoms with Gasteiger partial charge in [0.25, 0.3) is 5.69 Å². The Morgan fingerprint density at radius 3 is 2.57 bits per heavy atom. The molecule has 0 bridgehead atoms. The lowest BCUT2D eigenvalue weighted by Gasteiger charge is -2.39. The van der Waals surface area contributed by atoms with Crippen LogP contribution >= 0.6 is 11.6 Å². The van der Waals surface area contributed by atoms with E-state index >= 15 is 0 Å². The summed E-state index contributed by atoms with van der Waals surface area (Å²) in [4.78, 5) is 12.4. The molecule has 1 aliphatic rings. The number of nitro groups is 1. The van der Waals surface area contributed by atoms with Crippen LogP contribution in [0.15, 0.2) is 18.2 Å². The van der Waals surface area contributed by atoms with Crippen molar-refractivity contribution in [3.8, 4) is 0 Å². The second-order valence-corrected chi connectivity index (χ2v) is 7.38. The highest BCUT2D eigenvalue weighted by molar-refractivity contribution is 7.88. The van der Waals surface area contributed by atoms with E-state index in [9.17, 15) is 18.5 Å². The molecule has 0 amide bonds. The number of nitro benzene ring substituents is 1. The van der Waals surface area contributed by atoms with Crippen molar-refractivity contribution in [1.82, 2.24) is 4.31 Å². The van der Waals surface area contributed by atoms with Crippen molar-refractivity contribution in [3.63, 3.8) is 0 Å². The number of anilines is 1. The normalized spacial score (nSPS) is 20.5. The van der Waals surface area contributed by atoms with Crippen molar-refractivity contribution in [3.05, 3.63) is 33.3 Å². The highest BCUT2D eigenvalue weighted by atomic mass is 35.5. The van der Waals surface area contributed by atoms with Crippen molar-refractivity contribution < 1.29 is 13.3 Å². The molecule has 1 aromatic carbocycles. The average Bonchev–Trinajstić information content (AvgIpc) is 2.36. The summed E-state index contributed by atoms with van der Waals surface area (Å²) >= 11 is 6.10. The molecule has 2 rings (SSSR count). The van der Waals surface area contributed by atoms with E-state index in [1.54, 1.807) is 17.9 Å². The van der Waals surface area contributed by atoms with E-state index in [0.29, 0.717) is 23.8 Å². The zero-order valence-electron chi connectivity index (χ0n) is 11.7. The molecule has 0 unspecified atom stereocenters. The minimum Gasteiger partial charge on any atom is -0.362 e. The van der Waals surface area contributed by atoms with E-state index in [1.807, 2.05) is 0 Å². The summed E-state index contributed by atoms with van der Waals surface area (Å²) < 4.78 is 24.7. The molecule has 1 heterocycles. The van der Waals surface area contributed by atoms with Gasteiger partial charge in [0.1, 0.15) is 5.69 Å². The van der Waals surface area contributed by atoms with Gasteiger partial charge in [-0.2, -0.15) is 4.31 Å². The van der Waals surface area contributed by atoms with Crippen LogP contribution in [-0.4, -0.2) is 49.6 Å². The van der Waals surface area contributed by atoms with Gasteiger partial charge in [-0.3, -0.25) is 10.1 Å². The van der Waals surface area contributed by atoms with E-state index in [-0.39, 0.29) is 18.3 Å². The highest BCUT2D eigenvalue weighted by Gasteiger charge is 2.33. The minimum absolute atomic E-state index is 0.0671. The predicted octanol–water partition coefficient (Wildman–Crippen LogP) is 1.72. The van der Waals surface area contributed by atoms with Gasteiger partial charge in [-0.1, -0.05) is 17.7 Å². The predicted molar refractivity (Wildman–Crippen MR) is 81.3 cm³/mol. The number of sulfonamides is 1. The third-order valence-electron chi connectivity index (χ3n) is 3.47. The van der Waals surface area contributed by atoms with Crippen molar-refractivity contribution in [2.24, 2.45) is 0 Å². The molecule has 1 aliphatic heterocycles. The maximum atomic E-state index is 11.7. The van der Waals surface area contributed by atoms with Crippen molar-refractivity contribution in [2.45, 2.75) is 13.0 Å². The zero-order valence-corrected chi connectivity index (χ0v) is 13.3. The van der Waals surface area contributed by atoms with Gasteiger partial charge in [-0.05, 0) is 13.0 Å². The number of nitrogens with zero attached hydrogens (tertiary/aromatic N) is 3. The van der Waals surface area contributed by atoms with Crippen LogP contribution in [0.25, 0.3) is 0 Å². The van der Waals surface area contributed by atoms with E-state index < -0.39 is 14.9 Å². The Labute approximate surface area is 128 Å². The van der Waals surface area contributed by atoms with E-state index in [1.165, 1.54) is 16.4 Å². The quantitative estimate of drug-likeness (QED) is 0.621. The van der Waals surface area contributed by atoms with Crippen molar-refractivity contribution in [2.75, 3.05) is 30.8 Å². The lowest BCUT2D eigenvalue weighted by Crippen LogP contribution is -2.53. The number of benzene rings is 1. The molecular weight excluding hydrogens is 318 g/mol. The topological polar surface area (TPSA) is 83.8 Å². The lowest BCUT2D eigenvalue weighted by molar-refractivity contribution is -0.384. The number of hydrogen-bond acceptors (Lipinski definition) is 5. The fraction of sp³-hybridized carbons (Fsp3) is 0.500. The lowest BCUT2D eigenvalue weighted by atomic mass is 10.2. The summed E-state index contributed by atoms with van der Waals surface area (Å²) in [5, 5.41) is 11.4. The number of para-hydroxylation sites is 1. The first kappa shape index (κ1) is 16.0. The maximum Gasteiger partial charge on any atom is 0.294 e. The molecular formula is C12H16ClN3O4S. The summed E-state index contributed by atoms with van der Waals surface area (Å²) in [7, 11) is -3.28. The van der Waals surface area contributed by atoms with Gasteiger partial charge in [0, 0.05) is 31.7 Å². The number of halogens is 1. The fourth-order valence-electron chi connectivity index (χ4n) is 2.60. The Morgan fingerprint density at radius 1 is 1.38 bits per heavy atom. The molecule has 21 heavy (non-hydrogen) atoms. The van der Waals surface area contributed by atoms with E-state index in [0.717, 1.165) is 6.26 Å². The number of piperazine rings is 1. The van der Waals surface area contributed by atoms with Crippen LogP contribution in [0.5, 0.6) is 0 Å². The van der Waals surface area contributed by atoms with Gasteiger partial charge in [0.05, 0.1) is 16.2 Å². The number of hydrogen-bond donors (Lipinski definition) is 0. The summed E-state index contributed by atoms with van der Waals surface area (Å²) in [6, 6.07) is 4.25. The van der Waals surface area contributed by atoms with Gasteiger partial charge in [-0.25, -0.2) is 8.42 Å². The summed E-state index contributed by atoms with van der Waals surface area (Å²) in [6.07, 6.45) is 1.16. The van der Waals surface area contributed by atoms with E-state index in [4.69, 9.17) is 11.6 Å². The highest BCUT2D eigenvalue weighted by Crippen LogP contribution is 2.36. The standard InChI is InChI=1S/C12H16ClN3O4S/c1-9-8-14(6-7-15(9)21(2,19)20)12-10(13)4-3-5-11(12)16(17)18/h3-5,9H,6-8H2,1-2H3/t9-/m1/s1. The largest absolute Gasteiger partial charge is 0.362 e. The van der Waals surface area contributed by atoms with Crippen molar-refractivity contribution in [1.29, 1.82) is 0 Å². The van der Waals surface area contributed by atoms with Crippen LogP contribution in [0.4, 0.5) is 11.4 Å². The second kappa shape index (κ2) is 5.78. The average molecular weight is 334 g/mol. The third kappa shape index (κ3) is 3.28. The van der Waals surface area contributed by atoms with Crippen LogP contribution in [0.1, 0.15) is 6.92 Å². The summed E-state index contributed by atoms with van der Waals surface area (Å²) in [5.74, 6) is 0. The molecule has 1 aromatic rings. The zero-order chi connectivity index (χ0) is 15.8. The molecule has 1 fully saturated rings. The van der Waals surface area contributed by atoms with Gasteiger partial charge in [0.15, 0.2) is 0 Å². The van der Waals surface area contributed by atoms with Crippen LogP contribution in [0.2, 0.25) is 5.02 Å². The smallest absolute Gasteiger partial charge is 0.294 e. The first-order valence-electron chi connectivity index (χ1n) is 6.36. The summed E-state index contributed by atoms with van der Waals surface area (Å²) in [6.45, 7) is 2.78. The molecule has 9 heteroatoms. The summed E-state index contributed by atoms with van der Waals surface area (Å²) in [5.41, 5.74) is 0.284. The molecule has 7 nitrogen and oxygen atoms in total. The molecule has 0 spiro atoms. The first-order chi connectivity index (χ1) is 9.71. The maximum absolute atomic E-state index is 11.7. The molecule has 0 N–H and O–H groups in total. The molecule has 1 atom stereocenters. The van der Waals surface area contributed by atoms with E-state index in [2.05, 4.69) is 0 Å². The monoisotopic (exact) mass is 333 g/mol. The number of rotatable bonds is 3. The first-order valence-corrected chi connectivity index (χ1v) is 8.59. The fourth-order valence-corrected chi connectivity index (χ4v) is 4.02. The van der Waals surface area contributed by atoms with Gasteiger partial charge in [0.2, 0.25) is 10.0 Å². The second-order valence-electron chi connectivity index (χ2n) is 5.03. The van der Waals surface area contributed by atoms with Crippen molar-refractivity contribution >= 4 is 33.0 Å². The van der Waals surface area contributed by atoms with Gasteiger partial charge in [-0.15, -0.1) is 0 Å². The van der Waals surface area contributed by atoms with Crippen LogP contribution in [0.3, 0.4) is 0 Å². The SMILES string of the molecule is C[C@@H]1CN(c2c(Cl)cccc2[N+](=O)[O-])CCN1S(C)(=O)=O. The van der Waals surface area contributed by atoms with Crippen LogP contribution in [0, 0.1) is 10.1 Å². The Bertz CT molecular complexity index is 664. The molecule has 0 radical (unpaired) electrons. The third-order valence-corrected chi connectivity index (χ3v) is 5.17. The Morgan fingerprint density at radius 2 is 2.05 bits per heavy atom. The van der Waals surface area contributed by atoms with Crippen LogP contribution in [-0.2, 0) is 10.0 Å². The molecule has 0 aliphatic carbocycles. The minimum atomic E-state index is -3.28. The molecule has 0 aromatic heterocycles. The molecule has 0 saturated carbocycles. The Kier molecular flexibility index (Phi) is 4.40. The van der Waals surface area contributed by atoms with Gasteiger partial charge >= 0.3 is 0 Å². The molecule has 116 valence electrons. The molecule has 1 saturated heterocycles. The Balaban J connectivity index is 2.33. The Hall–Kier alpha value is -1.38. The van der Waals surface area contributed by atoms with Crippen LogP contribution < -0.4 is 4.90 Å². The van der Waals surface area contributed by atoms with Gasteiger partial charge < -0.3 is 4.90 Å².